The summed E-state index contributed by atoms with van der Waals surface area (Å²) in [4.78, 5) is 18.2. The molecule has 21 heavy (non-hydrogen) atoms. The minimum atomic E-state index is -0.271. The number of rotatable bonds is 5. The van der Waals surface area contributed by atoms with Crippen LogP contribution >= 0.6 is 11.3 Å². The highest BCUT2D eigenvalue weighted by Gasteiger charge is 2.04. The molecule has 0 aliphatic rings. The van der Waals surface area contributed by atoms with Crippen molar-refractivity contribution in [1.82, 2.24) is 20.2 Å². The molecular weight excluding hydrogens is 286 g/mol. The summed E-state index contributed by atoms with van der Waals surface area (Å²) in [7, 11) is 0. The fraction of sp³-hybridized carbons (Fsp3) is 0.143. The number of thiazole rings is 1. The largest absolute Gasteiger partial charge is 0.354 e. The summed E-state index contributed by atoms with van der Waals surface area (Å²) in [6.07, 6.45) is 1.89. The van der Waals surface area contributed by atoms with Gasteiger partial charge < -0.3 is 5.32 Å². The van der Waals surface area contributed by atoms with E-state index >= 15 is 0 Å². The topological polar surface area (TPSA) is 83.6 Å². The molecule has 0 amide bonds. The number of H-pyrrole nitrogens is 1. The lowest BCUT2D eigenvalue weighted by molar-refractivity contribution is 0.901. The molecule has 2 N–H and O–H groups in total. The molecule has 7 heteroatoms. The van der Waals surface area contributed by atoms with E-state index in [4.69, 9.17) is 0 Å². The molecule has 2 heterocycles. The van der Waals surface area contributed by atoms with Crippen molar-refractivity contribution >= 4 is 17.3 Å². The number of aromatic amines is 1. The average Bonchev–Trinajstić information content (AvgIpc) is 2.97. The van der Waals surface area contributed by atoms with Crippen LogP contribution in [0.3, 0.4) is 0 Å². The fourth-order valence-corrected chi connectivity index (χ4v) is 2.70. The molecule has 0 aliphatic carbocycles. The zero-order valence-corrected chi connectivity index (χ0v) is 11.9. The number of nitrogens with zero attached hydrogens (tertiary/aromatic N) is 3. The summed E-state index contributed by atoms with van der Waals surface area (Å²) >= 11 is 1.63. The molecule has 0 bridgehead atoms. The maximum absolute atomic E-state index is 11.1. The SMILES string of the molecule is O=c1cnnc(NCCc2csc(-c3ccccc3)n2)[nH]1. The van der Waals surface area contributed by atoms with Crippen LogP contribution in [0.5, 0.6) is 0 Å². The molecule has 2 aromatic heterocycles. The maximum atomic E-state index is 11.1. The van der Waals surface area contributed by atoms with Crippen molar-refractivity contribution in [1.29, 1.82) is 0 Å². The van der Waals surface area contributed by atoms with E-state index in [0.29, 0.717) is 12.5 Å². The van der Waals surface area contributed by atoms with Crippen molar-refractivity contribution in [2.75, 3.05) is 11.9 Å². The van der Waals surface area contributed by atoms with Gasteiger partial charge in [-0.2, -0.15) is 0 Å². The Bertz CT molecular complexity index is 768. The average molecular weight is 299 g/mol. The summed E-state index contributed by atoms with van der Waals surface area (Å²) in [5.74, 6) is 0.376. The zero-order chi connectivity index (χ0) is 14.5. The van der Waals surface area contributed by atoms with Crippen molar-refractivity contribution in [2.24, 2.45) is 0 Å². The second kappa shape index (κ2) is 6.27. The van der Waals surface area contributed by atoms with Crippen LogP contribution < -0.4 is 10.9 Å². The summed E-state index contributed by atoms with van der Waals surface area (Å²) in [6, 6.07) is 10.1. The first-order valence-electron chi connectivity index (χ1n) is 6.47. The number of anilines is 1. The summed E-state index contributed by atoms with van der Waals surface area (Å²) < 4.78 is 0. The lowest BCUT2D eigenvalue weighted by Crippen LogP contribution is -2.14. The van der Waals surface area contributed by atoms with Crippen molar-refractivity contribution < 1.29 is 0 Å². The van der Waals surface area contributed by atoms with Gasteiger partial charge in [-0.1, -0.05) is 30.3 Å². The van der Waals surface area contributed by atoms with E-state index in [1.54, 1.807) is 11.3 Å². The van der Waals surface area contributed by atoms with Crippen LogP contribution in [-0.2, 0) is 6.42 Å². The van der Waals surface area contributed by atoms with Gasteiger partial charge in [0.2, 0.25) is 5.95 Å². The van der Waals surface area contributed by atoms with Crippen molar-refractivity contribution in [3.63, 3.8) is 0 Å². The molecule has 0 spiro atoms. The molecule has 0 unspecified atom stereocenters. The van der Waals surface area contributed by atoms with Gasteiger partial charge in [-0.15, -0.1) is 21.5 Å². The normalized spacial score (nSPS) is 10.5. The minimum absolute atomic E-state index is 0.271. The summed E-state index contributed by atoms with van der Waals surface area (Å²) in [6.45, 7) is 0.632. The smallest absolute Gasteiger partial charge is 0.271 e. The molecule has 106 valence electrons. The van der Waals surface area contributed by atoms with E-state index in [0.717, 1.165) is 28.9 Å². The zero-order valence-electron chi connectivity index (χ0n) is 11.1. The molecule has 0 saturated carbocycles. The molecule has 1 aromatic carbocycles. The standard InChI is InChI=1S/C14H13N5OS/c20-12-8-16-19-14(18-12)15-7-6-11-9-21-13(17-11)10-4-2-1-3-5-10/h1-5,8-9H,6-7H2,(H2,15,18,19,20). The maximum Gasteiger partial charge on any atom is 0.271 e. The van der Waals surface area contributed by atoms with Gasteiger partial charge in [0, 0.05) is 23.9 Å². The Kier molecular flexibility index (Phi) is 4.02. The number of benzene rings is 1. The number of hydrogen-bond donors (Lipinski definition) is 2. The first-order chi connectivity index (χ1) is 10.3. The van der Waals surface area contributed by atoms with Gasteiger partial charge in [-0.25, -0.2) is 4.98 Å². The van der Waals surface area contributed by atoms with E-state index in [2.05, 4.69) is 25.5 Å². The van der Waals surface area contributed by atoms with Crippen LogP contribution in [0, 0.1) is 0 Å². The van der Waals surface area contributed by atoms with Gasteiger partial charge in [0.15, 0.2) is 0 Å². The van der Waals surface area contributed by atoms with Gasteiger partial charge in [0.25, 0.3) is 5.56 Å². The van der Waals surface area contributed by atoms with Gasteiger partial charge in [-0.05, 0) is 0 Å². The third kappa shape index (κ3) is 3.51. The fourth-order valence-electron chi connectivity index (χ4n) is 1.84. The van der Waals surface area contributed by atoms with Crippen LogP contribution in [0.4, 0.5) is 5.95 Å². The van der Waals surface area contributed by atoms with Crippen molar-refractivity contribution in [2.45, 2.75) is 6.42 Å². The summed E-state index contributed by atoms with van der Waals surface area (Å²) in [5, 5.41) is 13.4. The molecule has 0 fully saturated rings. The Balaban J connectivity index is 1.59. The molecule has 0 atom stereocenters. The predicted molar refractivity (Wildman–Crippen MR) is 82.4 cm³/mol. The predicted octanol–water partition coefficient (Wildman–Crippen LogP) is 1.94. The third-order valence-electron chi connectivity index (χ3n) is 2.82. The monoisotopic (exact) mass is 299 g/mol. The first kappa shape index (κ1) is 13.4. The minimum Gasteiger partial charge on any atom is -0.354 e. The highest BCUT2D eigenvalue weighted by molar-refractivity contribution is 7.13. The summed E-state index contributed by atoms with van der Waals surface area (Å²) in [5.41, 5.74) is 1.87. The number of aromatic nitrogens is 4. The van der Waals surface area contributed by atoms with Crippen LogP contribution in [-0.4, -0.2) is 26.7 Å². The second-order valence-electron chi connectivity index (χ2n) is 4.37. The lowest BCUT2D eigenvalue weighted by Gasteiger charge is -2.01. The van der Waals surface area contributed by atoms with E-state index in [9.17, 15) is 4.79 Å². The molecular formula is C14H13N5OS. The van der Waals surface area contributed by atoms with Crippen LogP contribution in [0.25, 0.3) is 10.6 Å². The van der Waals surface area contributed by atoms with E-state index in [1.807, 2.05) is 35.7 Å². The van der Waals surface area contributed by atoms with E-state index in [1.165, 1.54) is 0 Å². The van der Waals surface area contributed by atoms with Gasteiger partial charge in [0.05, 0.1) is 5.69 Å². The van der Waals surface area contributed by atoms with Crippen LogP contribution in [0.2, 0.25) is 0 Å². The highest BCUT2D eigenvalue weighted by Crippen LogP contribution is 2.23. The first-order valence-corrected chi connectivity index (χ1v) is 7.35. The molecule has 0 saturated heterocycles. The van der Waals surface area contributed by atoms with Crippen molar-refractivity contribution in [3.05, 3.63) is 58.0 Å². The molecule has 0 aliphatic heterocycles. The molecule has 0 radical (unpaired) electrons. The molecule has 3 rings (SSSR count). The van der Waals surface area contributed by atoms with Gasteiger partial charge in [-0.3, -0.25) is 9.78 Å². The Morgan fingerprint density at radius 1 is 1.24 bits per heavy atom. The quantitative estimate of drug-likeness (QED) is 0.752. The van der Waals surface area contributed by atoms with Crippen molar-refractivity contribution in [3.8, 4) is 10.6 Å². The Morgan fingerprint density at radius 3 is 2.90 bits per heavy atom. The van der Waals surface area contributed by atoms with E-state index < -0.39 is 0 Å². The third-order valence-corrected chi connectivity index (χ3v) is 3.76. The lowest BCUT2D eigenvalue weighted by atomic mass is 10.2. The Labute approximate surface area is 124 Å². The van der Waals surface area contributed by atoms with Crippen LogP contribution in [0.15, 0.2) is 46.7 Å². The Hall–Kier alpha value is -2.54. The molecule has 6 nitrogen and oxygen atoms in total. The second-order valence-corrected chi connectivity index (χ2v) is 5.23. The highest BCUT2D eigenvalue weighted by atomic mass is 32.1. The van der Waals surface area contributed by atoms with Gasteiger partial charge >= 0.3 is 0 Å². The number of hydrogen-bond acceptors (Lipinski definition) is 6. The van der Waals surface area contributed by atoms with Gasteiger partial charge in [0.1, 0.15) is 11.2 Å². The van der Waals surface area contributed by atoms with E-state index in [-0.39, 0.29) is 5.56 Å². The molecule has 3 aromatic rings. The number of nitrogens with one attached hydrogen (secondary N) is 2. The van der Waals surface area contributed by atoms with Crippen LogP contribution in [0.1, 0.15) is 5.69 Å². The Morgan fingerprint density at radius 2 is 2.10 bits per heavy atom.